The Morgan fingerprint density at radius 1 is 0.250 bits per heavy atom. The molecule has 20 heteroatoms. The summed E-state index contributed by atoms with van der Waals surface area (Å²) >= 11 is 0. The van der Waals surface area contributed by atoms with E-state index < -0.39 is 47.8 Å². The number of rotatable bonds is 30. The highest BCUT2D eigenvalue weighted by molar-refractivity contribution is 5.95. The van der Waals surface area contributed by atoms with Crippen molar-refractivity contribution in [1.29, 1.82) is 0 Å². The van der Waals surface area contributed by atoms with E-state index >= 15 is 0 Å². The van der Waals surface area contributed by atoms with Crippen molar-refractivity contribution in [1.82, 2.24) is 0 Å². The largest absolute Gasteiger partial charge is 0.463 e. The van der Waals surface area contributed by atoms with E-state index in [4.69, 9.17) is 56.8 Å². The maximum atomic E-state index is 12.4. The number of ether oxygens (including phenoxy) is 12. The molecule has 0 spiro atoms. The Labute approximate surface area is 368 Å². The molecule has 0 saturated heterocycles. The molecule has 0 amide bonds. The fraction of sp³-hybridized carbons (Fsp3) is 0.409. The number of hydrogen-bond donors (Lipinski definition) is 0. The van der Waals surface area contributed by atoms with Gasteiger partial charge in [0.05, 0.1) is 86.2 Å². The summed E-state index contributed by atoms with van der Waals surface area (Å²) in [5.74, 6) is -4.59. The van der Waals surface area contributed by atoms with Gasteiger partial charge in [-0.1, -0.05) is 0 Å². The van der Waals surface area contributed by atoms with Gasteiger partial charge in [0.25, 0.3) is 0 Å². The number of benzene rings is 3. The Morgan fingerprint density at radius 2 is 0.391 bits per heavy atom. The normalized spacial score (nSPS) is 10.5. The molecule has 3 aromatic carbocycles. The summed E-state index contributed by atoms with van der Waals surface area (Å²) in [6.07, 6.45) is 0. The Morgan fingerprint density at radius 3 is 0.531 bits per heavy atom. The zero-order chi connectivity index (χ0) is 46.4. The summed E-state index contributed by atoms with van der Waals surface area (Å²) in [7, 11) is 0. The zero-order valence-electron chi connectivity index (χ0n) is 35.4. The first-order chi connectivity index (χ1) is 30.9. The van der Waals surface area contributed by atoms with Crippen LogP contribution in [0.2, 0.25) is 0 Å². The summed E-state index contributed by atoms with van der Waals surface area (Å²) in [5.41, 5.74) is 1.26. The van der Waals surface area contributed by atoms with Crippen LogP contribution in [0.15, 0.2) is 72.8 Å². The molecule has 0 aliphatic heterocycles. The van der Waals surface area contributed by atoms with Gasteiger partial charge >= 0.3 is 47.8 Å². The lowest BCUT2D eigenvalue weighted by atomic mass is 10.1. The van der Waals surface area contributed by atoms with Gasteiger partial charge in [0.15, 0.2) is 0 Å². The van der Waals surface area contributed by atoms with E-state index in [2.05, 4.69) is 0 Å². The molecule has 0 unspecified atom stereocenters. The molecule has 0 aliphatic carbocycles. The molecule has 0 bridgehead atoms. The highest BCUT2D eigenvalue weighted by Crippen LogP contribution is 2.11. The lowest BCUT2D eigenvalue weighted by Crippen LogP contribution is -2.16. The van der Waals surface area contributed by atoms with Crippen LogP contribution in [-0.2, 0) is 66.4 Å². The van der Waals surface area contributed by atoms with Crippen LogP contribution in [0.4, 0.5) is 0 Å². The van der Waals surface area contributed by atoms with Crippen LogP contribution in [-0.4, -0.2) is 153 Å². The molecule has 20 nitrogen and oxygen atoms in total. The summed E-state index contributed by atoms with van der Waals surface area (Å²) in [4.78, 5) is 95.1. The van der Waals surface area contributed by atoms with E-state index in [1.165, 1.54) is 86.6 Å². The van der Waals surface area contributed by atoms with Crippen LogP contribution in [0, 0.1) is 0 Å². The van der Waals surface area contributed by atoms with Crippen molar-refractivity contribution < 1.29 is 95.2 Å². The average molecular weight is 899 g/mol. The lowest BCUT2D eigenvalue weighted by molar-refractivity contribution is -0.143. The summed E-state index contributed by atoms with van der Waals surface area (Å²) in [6, 6.07) is 17.0. The smallest absolute Gasteiger partial charge is 0.338 e. The van der Waals surface area contributed by atoms with Crippen molar-refractivity contribution in [2.24, 2.45) is 0 Å². The van der Waals surface area contributed by atoms with Crippen molar-refractivity contribution in [3.63, 3.8) is 0 Å². The molecule has 0 fully saturated rings. The molecule has 0 aliphatic rings. The fourth-order valence-corrected chi connectivity index (χ4v) is 4.78. The highest BCUT2D eigenvalue weighted by atomic mass is 16.6. The van der Waals surface area contributed by atoms with Gasteiger partial charge in [-0.3, -0.25) is 9.59 Å². The minimum Gasteiger partial charge on any atom is -0.463 e. The Hall–Kier alpha value is -6.74. The third-order valence-electron chi connectivity index (χ3n) is 7.90. The quantitative estimate of drug-likeness (QED) is 0.0529. The van der Waals surface area contributed by atoms with Crippen molar-refractivity contribution in [3.05, 3.63) is 106 Å². The molecule has 3 aromatic rings. The first-order valence-electron chi connectivity index (χ1n) is 19.8. The van der Waals surface area contributed by atoms with E-state index in [0.29, 0.717) is 0 Å². The first kappa shape index (κ1) is 51.6. The number of esters is 8. The summed E-state index contributed by atoms with van der Waals surface area (Å²) in [5, 5.41) is 0. The van der Waals surface area contributed by atoms with Gasteiger partial charge in [-0.25, -0.2) is 28.8 Å². The molecule has 0 atom stereocenters. The molecule has 0 aromatic heterocycles. The fourth-order valence-electron chi connectivity index (χ4n) is 4.78. The van der Waals surface area contributed by atoms with E-state index in [1.54, 1.807) is 0 Å². The lowest BCUT2D eigenvalue weighted by Gasteiger charge is -2.09. The molecule has 346 valence electrons. The molecule has 64 heavy (non-hydrogen) atoms. The highest BCUT2D eigenvalue weighted by Gasteiger charge is 2.14. The van der Waals surface area contributed by atoms with Crippen molar-refractivity contribution in [3.8, 4) is 0 Å². The number of hydrogen-bond acceptors (Lipinski definition) is 20. The monoisotopic (exact) mass is 898 g/mol. The zero-order valence-corrected chi connectivity index (χ0v) is 35.4. The maximum absolute atomic E-state index is 12.4. The van der Waals surface area contributed by atoms with E-state index in [-0.39, 0.29) is 139 Å². The average Bonchev–Trinajstić information content (AvgIpc) is 3.29. The third kappa shape index (κ3) is 21.4. The van der Waals surface area contributed by atoms with Gasteiger partial charge < -0.3 is 56.8 Å². The second kappa shape index (κ2) is 30.3. The Kier molecular flexibility index (Phi) is 24.5. The molecule has 0 saturated carbocycles. The van der Waals surface area contributed by atoms with E-state index in [1.807, 2.05) is 0 Å². The van der Waals surface area contributed by atoms with Gasteiger partial charge in [-0.15, -0.1) is 0 Å². The molecule has 0 radical (unpaired) electrons. The first-order valence-corrected chi connectivity index (χ1v) is 19.8. The van der Waals surface area contributed by atoms with E-state index in [9.17, 15) is 38.4 Å². The van der Waals surface area contributed by atoms with Gasteiger partial charge in [-0.2, -0.15) is 0 Å². The maximum Gasteiger partial charge on any atom is 0.338 e. The number of carbonyl (C=O) groups excluding carboxylic acids is 8. The van der Waals surface area contributed by atoms with Gasteiger partial charge in [0.2, 0.25) is 0 Å². The molecule has 3 rings (SSSR count). The van der Waals surface area contributed by atoms with Crippen molar-refractivity contribution in [2.45, 2.75) is 13.8 Å². The van der Waals surface area contributed by atoms with Crippen molar-refractivity contribution in [2.75, 3.05) is 106 Å². The second-order valence-corrected chi connectivity index (χ2v) is 12.7. The minimum atomic E-state index is -0.646. The third-order valence-corrected chi connectivity index (χ3v) is 7.90. The van der Waals surface area contributed by atoms with Crippen LogP contribution >= 0.6 is 0 Å². The number of carbonyl (C=O) groups is 8. The summed E-state index contributed by atoms with van der Waals surface area (Å²) in [6.45, 7) is 3.18. The van der Waals surface area contributed by atoms with Gasteiger partial charge in [-0.05, 0) is 72.8 Å². The van der Waals surface area contributed by atoms with Crippen LogP contribution < -0.4 is 0 Å². The topological polar surface area (TPSA) is 247 Å². The van der Waals surface area contributed by atoms with Crippen LogP contribution in [0.25, 0.3) is 0 Å². The van der Waals surface area contributed by atoms with E-state index in [0.717, 1.165) is 0 Å². The van der Waals surface area contributed by atoms with Crippen LogP contribution in [0.1, 0.15) is 76.0 Å². The predicted molar refractivity (Wildman–Crippen MR) is 218 cm³/mol. The SMILES string of the molecule is CC(=O)OCCOCCOC(=O)c1ccc(C(=O)OCCOCCOC(=O)c2ccc(C(=O)OCCOCCOC(=O)c3ccc(C(=O)OCCOCCOC(C)=O)cc3)cc2)cc1. The molecular formula is C44H50O20. The van der Waals surface area contributed by atoms with Crippen molar-refractivity contribution >= 4 is 47.8 Å². The van der Waals surface area contributed by atoms with Crippen LogP contribution in [0.3, 0.4) is 0 Å². The Bertz CT molecular complexity index is 1800. The molecule has 0 heterocycles. The second-order valence-electron chi connectivity index (χ2n) is 12.7. The summed E-state index contributed by atoms with van der Waals surface area (Å²) < 4.78 is 61.4. The Balaban J connectivity index is 1.18. The van der Waals surface area contributed by atoms with Crippen LogP contribution in [0.5, 0.6) is 0 Å². The minimum absolute atomic E-state index is 0.00577. The standard InChI is InChI=1S/C44H50O20/c1-31(45)57-23-15-53-17-25-59-39(47)33-3-7-35(8-4-33)41(49)61-27-19-55-21-29-63-43(51)37-11-13-38(14-12-37)44(52)64-30-22-56-20-28-62-42(50)36-9-5-34(6-10-36)40(48)60-26-18-54-16-24-58-32(2)46/h3-14H,15-30H2,1-2H3. The molecular weight excluding hydrogens is 848 g/mol. The van der Waals surface area contributed by atoms with Gasteiger partial charge in [0, 0.05) is 13.8 Å². The molecule has 0 N–H and O–H groups in total. The predicted octanol–water partition coefficient (Wildman–Crippen LogP) is 3.22. The van der Waals surface area contributed by atoms with Gasteiger partial charge in [0.1, 0.15) is 52.9 Å².